The van der Waals surface area contributed by atoms with E-state index in [1.807, 2.05) is 12.1 Å². The molecule has 0 saturated heterocycles. The van der Waals surface area contributed by atoms with E-state index in [0.29, 0.717) is 0 Å². The zero-order valence-electron chi connectivity index (χ0n) is 31.7. The number of rotatable bonds is 7. The fourth-order valence-corrected chi connectivity index (χ4v) is 8.62. The number of nitrogens with zero attached hydrogens (tertiary/aromatic N) is 1. The monoisotopic (exact) mass is 739 g/mol. The number of para-hydroxylation sites is 3. The van der Waals surface area contributed by atoms with Gasteiger partial charge in [0, 0.05) is 33.3 Å². The summed E-state index contributed by atoms with van der Waals surface area (Å²) < 4.78 is 6.45. The maximum absolute atomic E-state index is 6.45. The fraction of sp³-hybridized carbons (Fsp3) is 0. The van der Waals surface area contributed by atoms with Crippen LogP contribution in [0.4, 0.5) is 17.1 Å². The second-order valence-corrected chi connectivity index (χ2v) is 14.9. The van der Waals surface area contributed by atoms with Gasteiger partial charge in [0.05, 0.1) is 5.69 Å². The summed E-state index contributed by atoms with van der Waals surface area (Å²) in [5, 5.41) is 7.20. The zero-order valence-corrected chi connectivity index (χ0v) is 31.7. The van der Waals surface area contributed by atoms with Crippen LogP contribution in [0, 0.1) is 0 Å². The summed E-state index contributed by atoms with van der Waals surface area (Å²) in [6, 6.07) is 80.8. The average molecular weight is 740 g/mol. The highest BCUT2D eigenvalue weighted by molar-refractivity contribution is 6.09. The van der Waals surface area contributed by atoms with Gasteiger partial charge in [-0.05, 0) is 103 Å². The number of hydrogen-bond acceptors (Lipinski definition) is 2. The Morgan fingerprint density at radius 1 is 0.293 bits per heavy atom. The van der Waals surface area contributed by atoms with Crippen molar-refractivity contribution in [1.82, 2.24) is 0 Å². The molecular weight excluding hydrogens is 703 g/mol. The molecule has 0 N–H and O–H groups in total. The molecule has 0 aliphatic heterocycles. The van der Waals surface area contributed by atoms with Gasteiger partial charge in [-0.25, -0.2) is 0 Å². The Labute approximate surface area is 337 Å². The summed E-state index contributed by atoms with van der Waals surface area (Å²) in [5.41, 5.74) is 14.3. The molecule has 0 aliphatic carbocycles. The lowest BCUT2D eigenvalue weighted by Gasteiger charge is -2.29. The molecule has 2 nitrogen and oxygen atoms in total. The molecule has 1 heterocycles. The van der Waals surface area contributed by atoms with E-state index >= 15 is 0 Å². The smallest absolute Gasteiger partial charge is 0.143 e. The van der Waals surface area contributed by atoms with Crippen molar-refractivity contribution >= 4 is 60.5 Å². The third kappa shape index (κ3) is 5.91. The van der Waals surface area contributed by atoms with Gasteiger partial charge in [0.1, 0.15) is 11.2 Å². The minimum Gasteiger partial charge on any atom is -0.455 e. The van der Waals surface area contributed by atoms with Crippen LogP contribution in [0.25, 0.3) is 88.0 Å². The molecule has 272 valence electrons. The van der Waals surface area contributed by atoms with Gasteiger partial charge in [-0.3, -0.25) is 0 Å². The second kappa shape index (κ2) is 14.1. The summed E-state index contributed by atoms with van der Waals surface area (Å²) in [6.45, 7) is 0. The molecular formula is C56H37NO. The molecule has 0 saturated carbocycles. The van der Waals surface area contributed by atoms with Gasteiger partial charge < -0.3 is 9.32 Å². The second-order valence-electron chi connectivity index (χ2n) is 14.9. The standard InChI is InChI=1S/C56H37NO/c1-2-15-41-35-45(30-29-38(41)13-1)43-18-9-17-42(36-43)44-19-10-20-47(37-44)57(54-27-7-5-22-51(54)50-25-11-16-39-14-3-4-21-48(39)50)46-33-31-40(32-34-46)49-24-12-26-53-52-23-6-8-28-55(52)58-56(49)53/h1-37H. The summed E-state index contributed by atoms with van der Waals surface area (Å²) >= 11 is 0. The Bertz CT molecular complexity index is 3290. The SMILES string of the molecule is c1cc(-c2cccc(N(c3ccc(-c4cccc5c4oc4ccccc45)cc3)c3ccccc3-c3cccc4ccccc34)c2)cc(-c2ccc3ccccc3c2)c1. The lowest BCUT2D eigenvalue weighted by Crippen LogP contribution is -2.11. The van der Waals surface area contributed by atoms with Crippen LogP contribution in [0.5, 0.6) is 0 Å². The molecule has 0 radical (unpaired) electrons. The van der Waals surface area contributed by atoms with Crippen LogP contribution in [0.1, 0.15) is 0 Å². The molecule has 11 rings (SSSR count). The van der Waals surface area contributed by atoms with E-state index in [1.165, 1.54) is 49.4 Å². The van der Waals surface area contributed by atoms with Gasteiger partial charge in [-0.15, -0.1) is 0 Å². The fourth-order valence-electron chi connectivity index (χ4n) is 8.62. The first kappa shape index (κ1) is 33.6. The van der Waals surface area contributed by atoms with Crippen LogP contribution in [0.15, 0.2) is 229 Å². The Balaban J connectivity index is 1.05. The molecule has 0 fully saturated rings. The van der Waals surface area contributed by atoms with Crippen molar-refractivity contribution < 1.29 is 4.42 Å². The normalized spacial score (nSPS) is 11.4. The van der Waals surface area contributed by atoms with E-state index in [1.54, 1.807) is 0 Å². The Hall–Kier alpha value is -7.68. The van der Waals surface area contributed by atoms with E-state index in [4.69, 9.17) is 4.42 Å². The van der Waals surface area contributed by atoms with Crippen LogP contribution in [-0.2, 0) is 0 Å². The predicted molar refractivity (Wildman–Crippen MR) is 245 cm³/mol. The van der Waals surface area contributed by atoms with Crippen molar-refractivity contribution in [3.63, 3.8) is 0 Å². The Morgan fingerprint density at radius 2 is 0.862 bits per heavy atom. The molecule has 0 aliphatic rings. The quantitative estimate of drug-likeness (QED) is 0.162. The number of furan rings is 1. The minimum atomic E-state index is 0.903. The third-order valence-electron chi connectivity index (χ3n) is 11.4. The molecule has 10 aromatic carbocycles. The minimum absolute atomic E-state index is 0.903. The average Bonchev–Trinajstić information content (AvgIpc) is 3.69. The first-order valence-corrected chi connectivity index (χ1v) is 19.8. The van der Waals surface area contributed by atoms with Crippen molar-refractivity contribution in [2.24, 2.45) is 0 Å². The molecule has 1 aromatic heterocycles. The highest BCUT2D eigenvalue weighted by Crippen LogP contribution is 2.44. The highest BCUT2D eigenvalue weighted by atomic mass is 16.3. The van der Waals surface area contributed by atoms with Crippen LogP contribution in [-0.4, -0.2) is 0 Å². The Morgan fingerprint density at radius 3 is 1.72 bits per heavy atom. The van der Waals surface area contributed by atoms with Crippen LogP contribution < -0.4 is 4.90 Å². The molecule has 0 bridgehead atoms. The van der Waals surface area contributed by atoms with Crippen molar-refractivity contribution in [3.05, 3.63) is 224 Å². The number of hydrogen-bond donors (Lipinski definition) is 0. The largest absolute Gasteiger partial charge is 0.455 e. The number of fused-ring (bicyclic) bond motifs is 5. The van der Waals surface area contributed by atoms with Crippen molar-refractivity contribution in [3.8, 4) is 44.5 Å². The van der Waals surface area contributed by atoms with Gasteiger partial charge >= 0.3 is 0 Å². The third-order valence-corrected chi connectivity index (χ3v) is 11.4. The predicted octanol–water partition coefficient (Wildman–Crippen LogP) is 16.0. The highest BCUT2D eigenvalue weighted by Gasteiger charge is 2.20. The molecule has 11 aromatic rings. The maximum Gasteiger partial charge on any atom is 0.143 e. The van der Waals surface area contributed by atoms with Gasteiger partial charge in [-0.2, -0.15) is 0 Å². The van der Waals surface area contributed by atoms with E-state index in [0.717, 1.165) is 55.7 Å². The van der Waals surface area contributed by atoms with Gasteiger partial charge in [0.2, 0.25) is 0 Å². The zero-order chi connectivity index (χ0) is 38.4. The van der Waals surface area contributed by atoms with Gasteiger partial charge in [-0.1, -0.05) is 176 Å². The van der Waals surface area contributed by atoms with E-state index < -0.39 is 0 Å². The van der Waals surface area contributed by atoms with E-state index in [-0.39, 0.29) is 0 Å². The molecule has 2 heteroatoms. The lowest BCUT2D eigenvalue weighted by molar-refractivity contribution is 0.670. The van der Waals surface area contributed by atoms with Gasteiger partial charge in [0.25, 0.3) is 0 Å². The molecule has 0 spiro atoms. The first-order chi connectivity index (χ1) is 28.7. The van der Waals surface area contributed by atoms with E-state index in [9.17, 15) is 0 Å². The summed E-state index contributed by atoms with van der Waals surface area (Å²) in [5.74, 6) is 0. The summed E-state index contributed by atoms with van der Waals surface area (Å²) in [6.07, 6.45) is 0. The molecule has 58 heavy (non-hydrogen) atoms. The maximum atomic E-state index is 6.45. The summed E-state index contributed by atoms with van der Waals surface area (Å²) in [4.78, 5) is 2.40. The van der Waals surface area contributed by atoms with Gasteiger partial charge in [0.15, 0.2) is 0 Å². The topological polar surface area (TPSA) is 16.4 Å². The molecule has 0 amide bonds. The van der Waals surface area contributed by atoms with Crippen molar-refractivity contribution in [2.75, 3.05) is 4.90 Å². The van der Waals surface area contributed by atoms with E-state index in [2.05, 4.69) is 217 Å². The van der Waals surface area contributed by atoms with Crippen molar-refractivity contribution in [1.29, 1.82) is 0 Å². The summed E-state index contributed by atoms with van der Waals surface area (Å²) in [7, 11) is 0. The van der Waals surface area contributed by atoms with Crippen LogP contribution >= 0.6 is 0 Å². The van der Waals surface area contributed by atoms with Crippen molar-refractivity contribution in [2.45, 2.75) is 0 Å². The number of anilines is 3. The first-order valence-electron chi connectivity index (χ1n) is 19.8. The lowest BCUT2D eigenvalue weighted by atomic mass is 9.95. The molecule has 0 atom stereocenters. The van der Waals surface area contributed by atoms with Crippen LogP contribution in [0.3, 0.4) is 0 Å². The Kier molecular flexibility index (Phi) is 8.19. The van der Waals surface area contributed by atoms with Crippen LogP contribution in [0.2, 0.25) is 0 Å². The number of benzene rings is 10. The molecule has 0 unspecified atom stereocenters.